The molecule has 0 amide bonds. The van der Waals surface area contributed by atoms with Gasteiger partial charge in [0.2, 0.25) is 0 Å². The van der Waals surface area contributed by atoms with Crippen molar-refractivity contribution in [2.75, 3.05) is 0 Å². The van der Waals surface area contributed by atoms with Gasteiger partial charge in [-0.05, 0) is 28.8 Å². The summed E-state index contributed by atoms with van der Waals surface area (Å²) < 4.78 is 0. The maximum atomic E-state index is 10.9. The molecule has 2 nitrogen and oxygen atoms in total. The molecule has 1 heterocycles. The smallest absolute Gasteiger partial charge is 0.157 e. The first-order valence-electron chi connectivity index (χ1n) is 4.33. The summed E-state index contributed by atoms with van der Waals surface area (Å²) >= 11 is 1.70. The molecule has 0 aliphatic heterocycles. The molecule has 13 heavy (non-hydrogen) atoms. The van der Waals surface area contributed by atoms with Gasteiger partial charge in [-0.2, -0.15) is 11.3 Å². The van der Waals surface area contributed by atoms with E-state index in [1.807, 2.05) is 0 Å². The fraction of sp³-hybridized carbons (Fsp3) is 0.300. The Morgan fingerprint density at radius 1 is 1.46 bits per heavy atom. The van der Waals surface area contributed by atoms with Crippen LogP contribution in [-0.4, -0.2) is 5.78 Å². The van der Waals surface area contributed by atoms with Crippen molar-refractivity contribution in [1.82, 2.24) is 5.32 Å². The van der Waals surface area contributed by atoms with Gasteiger partial charge in [0.15, 0.2) is 5.78 Å². The fourth-order valence-corrected chi connectivity index (χ4v) is 2.01. The maximum absolute atomic E-state index is 10.9. The van der Waals surface area contributed by atoms with E-state index in [9.17, 15) is 4.79 Å². The standard InChI is InChI=1S/C10H11NOS/c12-10-2-1-9(5-10)11-6-8-3-4-13-7-8/h3-5,7,11H,1-2,6H2. The van der Waals surface area contributed by atoms with Crippen LogP contribution >= 0.6 is 11.3 Å². The minimum atomic E-state index is 0.243. The monoisotopic (exact) mass is 193 g/mol. The van der Waals surface area contributed by atoms with Gasteiger partial charge in [0, 0.05) is 24.7 Å². The molecule has 3 heteroatoms. The maximum Gasteiger partial charge on any atom is 0.157 e. The van der Waals surface area contributed by atoms with Crippen molar-refractivity contribution >= 4 is 17.1 Å². The van der Waals surface area contributed by atoms with Gasteiger partial charge >= 0.3 is 0 Å². The van der Waals surface area contributed by atoms with Gasteiger partial charge in [-0.25, -0.2) is 0 Å². The molecule has 0 unspecified atom stereocenters. The van der Waals surface area contributed by atoms with E-state index in [4.69, 9.17) is 0 Å². The Balaban J connectivity index is 1.87. The number of nitrogens with one attached hydrogen (secondary N) is 1. The third-order valence-electron chi connectivity index (χ3n) is 2.08. The van der Waals surface area contributed by atoms with Crippen molar-refractivity contribution < 1.29 is 4.79 Å². The summed E-state index contributed by atoms with van der Waals surface area (Å²) in [5, 5.41) is 7.44. The zero-order chi connectivity index (χ0) is 9.10. The molecule has 1 aromatic rings. The molecule has 0 bridgehead atoms. The van der Waals surface area contributed by atoms with Crippen molar-refractivity contribution in [2.24, 2.45) is 0 Å². The highest BCUT2D eigenvalue weighted by atomic mass is 32.1. The molecule has 0 saturated carbocycles. The van der Waals surface area contributed by atoms with Crippen LogP contribution < -0.4 is 5.32 Å². The van der Waals surface area contributed by atoms with Gasteiger partial charge in [0.25, 0.3) is 0 Å². The molecule has 1 aliphatic rings. The summed E-state index contributed by atoms with van der Waals surface area (Å²) in [5.41, 5.74) is 2.36. The van der Waals surface area contributed by atoms with E-state index in [1.165, 1.54) is 5.56 Å². The first-order valence-corrected chi connectivity index (χ1v) is 5.27. The molecule has 0 atom stereocenters. The van der Waals surface area contributed by atoms with Crippen LogP contribution in [0.1, 0.15) is 18.4 Å². The number of carbonyl (C=O) groups is 1. The third kappa shape index (κ3) is 2.18. The molecule has 0 spiro atoms. The molecule has 68 valence electrons. The van der Waals surface area contributed by atoms with Crippen LogP contribution in [-0.2, 0) is 11.3 Å². The molecular formula is C10H11NOS. The lowest BCUT2D eigenvalue weighted by Crippen LogP contribution is -2.10. The highest BCUT2D eigenvalue weighted by Gasteiger charge is 2.10. The first kappa shape index (κ1) is 8.51. The topological polar surface area (TPSA) is 29.1 Å². The zero-order valence-electron chi connectivity index (χ0n) is 7.25. The first-order chi connectivity index (χ1) is 6.34. The molecule has 1 aromatic heterocycles. The summed E-state index contributed by atoms with van der Waals surface area (Å²) in [6.07, 6.45) is 3.27. The number of rotatable bonds is 3. The van der Waals surface area contributed by atoms with Gasteiger partial charge in [0.1, 0.15) is 0 Å². The van der Waals surface area contributed by atoms with Crippen LogP contribution in [0, 0.1) is 0 Å². The minimum Gasteiger partial charge on any atom is -0.384 e. The molecule has 1 N–H and O–H groups in total. The molecule has 0 radical (unpaired) electrons. The van der Waals surface area contributed by atoms with E-state index >= 15 is 0 Å². The van der Waals surface area contributed by atoms with Crippen LogP contribution in [0.3, 0.4) is 0 Å². The van der Waals surface area contributed by atoms with Gasteiger partial charge in [-0.15, -0.1) is 0 Å². The second-order valence-electron chi connectivity index (χ2n) is 3.12. The summed E-state index contributed by atoms with van der Waals surface area (Å²) in [6.45, 7) is 0.836. The fourth-order valence-electron chi connectivity index (χ4n) is 1.34. The second kappa shape index (κ2) is 3.75. The third-order valence-corrected chi connectivity index (χ3v) is 2.81. The van der Waals surface area contributed by atoms with Crippen LogP contribution in [0.5, 0.6) is 0 Å². The lowest BCUT2D eigenvalue weighted by molar-refractivity contribution is -0.114. The lowest BCUT2D eigenvalue weighted by Gasteiger charge is -2.03. The minimum absolute atomic E-state index is 0.243. The zero-order valence-corrected chi connectivity index (χ0v) is 8.06. The Morgan fingerprint density at radius 3 is 3.00 bits per heavy atom. The second-order valence-corrected chi connectivity index (χ2v) is 3.90. The predicted octanol–water partition coefficient (Wildman–Crippen LogP) is 2.08. The normalized spacial score (nSPS) is 16.0. The quantitative estimate of drug-likeness (QED) is 0.796. The average Bonchev–Trinajstić information content (AvgIpc) is 2.71. The van der Waals surface area contributed by atoms with Crippen molar-refractivity contribution in [2.45, 2.75) is 19.4 Å². The van der Waals surface area contributed by atoms with Crippen LogP contribution in [0.4, 0.5) is 0 Å². The summed E-state index contributed by atoms with van der Waals surface area (Å²) in [5.74, 6) is 0.243. The summed E-state index contributed by atoms with van der Waals surface area (Å²) in [7, 11) is 0. The molecule has 0 aromatic carbocycles. The molecule has 0 saturated heterocycles. The van der Waals surface area contributed by atoms with Crippen molar-refractivity contribution in [3.05, 3.63) is 34.2 Å². The average molecular weight is 193 g/mol. The highest BCUT2D eigenvalue weighted by molar-refractivity contribution is 7.07. The van der Waals surface area contributed by atoms with Gasteiger partial charge < -0.3 is 5.32 Å². The number of thiophene rings is 1. The van der Waals surface area contributed by atoms with Gasteiger partial charge in [-0.3, -0.25) is 4.79 Å². The summed E-state index contributed by atoms with van der Waals surface area (Å²) in [6, 6.07) is 2.09. The Kier molecular flexibility index (Phi) is 2.45. The van der Waals surface area contributed by atoms with E-state index < -0.39 is 0 Å². The van der Waals surface area contributed by atoms with Gasteiger partial charge in [0.05, 0.1) is 0 Å². The van der Waals surface area contributed by atoms with Crippen molar-refractivity contribution in [3.8, 4) is 0 Å². The van der Waals surface area contributed by atoms with E-state index in [0.29, 0.717) is 6.42 Å². The SMILES string of the molecule is O=C1C=C(NCc2ccsc2)CC1. The van der Waals surface area contributed by atoms with E-state index in [0.717, 1.165) is 18.7 Å². The lowest BCUT2D eigenvalue weighted by atomic mass is 10.3. The van der Waals surface area contributed by atoms with E-state index in [-0.39, 0.29) is 5.78 Å². The van der Waals surface area contributed by atoms with E-state index in [1.54, 1.807) is 17.4 Å². The highest BCUT2D eigenvalue weighted by Crippen LogP contribution is 2.13. The molecular weight excluding hydrogens is 182 g/mol. The largest absolute Gasteiger partial charge is 0.384 e. The van der Waals surface area contributed by atoms with E-state index in [2.05, 4.69) is 22.1 Å². The Bertz CT molecular complexity index is 327. The Labute approximate surface area is 81.3 Å². The van der Waals surface area contributed by atoms with Gasteiger partial charge in [-0.1, -0.05) is 0 Å². The number of ketones is 1. The molecule has 0 fully saturated rings. The summed E-state index contributed by atoms with van der Waals surface area (Å²) in [4.78, 5) is 10.9. The van der Waals surface area contributed by atoms with Crippen LogP contribution in [0.2, 0.25) is 0 Å². The molecule has 2 rings (SSSR count). The number of carbonyl (C=O) groups excluding carboxylic acids is 1. The predicted molar refractivity (Wildman–Crippen MR) is 53.5 cm³/mol. The van der Waals surface area contributed by atoms with Crippen molar-refractivity contribution in [1.29, 1.82) is 0 Å². The number of hydrogen-bond acceptors (Lipinski definition) is 3. The Morgan fingerprint density at radius 2 is 2.38 bits per heavy atom. The van der Waals surface area contributed by atoms with Crippen LogP contribution in [0.15, 0.2) is 28.6 Å². The molecule has 1 aliphatic carbocycles. The van der Waals surface area contributed by atoms with Crippen LogP contribution in [0.25, 0.3) is 0 Å². The van der Waals surface area contributed by atoms with Crippen molar-refractivity contribution in [3.63, 3.8) is 0 Å². The Hall–Kier alpha value is -1.09. The number of hydrogen-bond donors (Lipinski definition) is 1. The number of allylic oxidation sites excluding steroid dienone is 2.